The van der Waals surface area contributed by atoms with Crippen LogP contribution in [-0.2, 0) is 10.0 Å². The number of benzene rings is 1. The second kappa shape index (κ2) is 6.01. The van der Waals surface area contributed by atoms with E-state index in [1.807, 2.05) is 13.8 Å². The zero-order chi connectivity index (χ0) is 13.1. The van der Waals surface area contributed by atoms with Crippen LogP contribution >= 0.6 is 22.6 Å². The van der Waals surface area contributed by atoms with Crippen molar-refractivity contribution >= 4 is 32.6 Å². The van der Waals surface area contributed by atoms with Crippen LogP contribution in [0.2, 0.25) is 0 Å². The second-order valence-electron chi connectivity index (χ2n) is 3.73. The lowest BCUT2D eigenvalue weighted by molar-refractivity contribution is 0.411. The van der Waals surface area contributed by atoms with Gasteiger partial charge in [-0.3, -0.25) is 0 Å². The molecule has 1 N–H and O–H groups in total. The fourth-order valence-corrected chi connectivity index (χ4v) is 3.53. The van der Waals surface area contributed by atoms with E-state index < -0.39 is 10.0 Å². The molecule has 6 heteroatoms. The molecule has 0 aliphatic carbocycles. The molecule has 0 radical (unpaired) electrons. The van der Waals surface area contributed by atoms with Crippen molar-refractivity contribution in [1.82, 2.24) is 4.72 Å². The fourth-order valence-electron chi connectivity index (χ4n) is 1.23. The van der Waals surface area contributed by atoms with E-state index in [4.69, 9.17) is 4.74 Å². The van der Waals surface area contributed by atoms with E-state index in [0.717, 1.165) is 9.99 Å². The first-order valence-electron chi connectivity index (χ1n) is 5.26. The van der Waals surface area contributed by atoms with Crippen LogP contribution in [0.3, 0.4) is 0 Å². The number of hydrogen-bond donors (Lipinski definition) is 1. The number of nitrogens with one attached hydrogen (secondary N) is 1. The number of halogens is 1. The van der Waals surface area contributed by atoms with Crippen LogP contribution in [0, 0.1) is 3.57 Å². The average molecular weight is 369 g/mol. The van der Waals surface area contributed by atoms with E-state index in [2.05, 4.69) is 27.3 Å². The van der Waals surface area contributed by atoms with Crippen molar-refractivity contribution < 1.29 is 13.2 Å². The maximum Gasteiger partial charge on any atom is 0.240 e. The van der Waals surface area contributed by atoms with Crippen molar-refractivity contribution in [3.63, 3.8) is 0 Å². The predicted molar refractivity (Wildman–Crippen MR) is 75.8 cm³/mol. The van der Waals surface area contributed by atoms with Gasteiger partial charge in [0.05, 0.1) is 15.6 Å². The average Bonchev–Trinajstić information content (AvgIpc) is 2.28. The Kier molecular flexibility index (Phi) is 5.21. The highest BCUT2D eigenvalue weighted by Gasteiger charge is 2.17. The van der Waals surface area contributed by atoms with Crippen molar-refractivity contribution in [3.8, 4) is 5.75 Å². The van der Waals surface area contributed by atoms with Crippen LogP contribution in [-0.4, -0.2) is 21.6 Å². The summed E-state index contributed by atoms with van der Waals surface area (Å²) in [5.74, 6) is 0.674. The molecule has 0 unspecified atom stereocenters. The van der Waals surface area contributed by atoms with E-state index in [1.165, 1.54) is 0 Å². The van der Waals surface area contributed by atoms with Gasteiger partial charge in [-0.25, -0.2) is 13.1 Å². The molecule has 0 amide bonds. The molecule has 1 aromatic rings. The molecule has 0 aromatic heterocycles. The summed E-state index contributed by atoms with van der Waals surface area (Å²) in [5, 5.41) is 0. The topological polar surface area (TPSA) is 55.4 Å². The molecule has 0 saturated heterocycles. The summed E-state index contributed by atoms with van der Waals surface area (Å²) in [4.78, 5) is 0.267. The van der Waals surface area contributed by atoms with Crippen LogP contribution in [0.4, 0.5) is 0 Å². The van der Waals surface area contributed by atoms with Crippen molar-refractivity contribution in [1.29, 1.82) is 0 Å². The number of methoxy groups -OCH3 is 1. The van der Waals surface area contributed by atoms with Crippen LogP contribution in [0.5, 0.6) is 5.75 Å². The van der Waals surface area contributed by atoms with Crippen molar-refractivity contribution in [3.05, 3.63) is 21.8 Å². The molecule has 1 aromatic carbocycles. The molecular weight excluding hydrogens is 353 g/mol. The molecule has 1 rings (SSSR count). The summed E-state index contributed by atoms with van der Waals surface area (Å²) in [5.41, 5.74) is 0. The third-order valence-electron chi connectivity index (χ3n) is 2.40. The summed E-state index contributed by atoms with van der Waals surface area (Å²) < 4.78 is 32.5. The van der Waals surface area contributed by atoms with Gasteiger partial charge in [-0.2, -0.15) is 0 Å². The first-order valence-corrected chi connectivity index (χ1v) is 7.82. The van der Waals surface area contributed by atoms with Crippen molar-refractivity contribution in [2.75, 3.05) is 7.11 Å². The fraction of sp³-hybridized carbons (Fsp3) is 0.455. The normalized spacial score (nSPS) is 13.4. The van der Waals surface area contributed by atoms with Gasteiger partial charge in [0, 0.05) is 6.04 Å². The maximum absolute atomic E-state index is 12.0. The Hall–Kier alpha value is -0.340. The Labute approximate surface area is 116 Å². The summed E-state index contributed by atoms with van der Waals surface area (Å²) in [6.07, 6.45) is 0.756. The van der Waals surface area contributed by atoms with E-state index in [9.17, 15) is 8.42 Å². The molecule has 0 fully saturated rings. The summed E-state index contributed by atoms with van der Waals surface area (Å²) >= 11 is 2.05. The molecule has 0 saturated carbocycles. The SMILES string of the molecule is CC[C@H](C)NS(=O)(=O)c1ccc(OC)c(I)c1. The van der Waals surface area contributed by atoms with Gasteiger partial charge in [0.25, 0.3) is 0 Å². The number of sulfonamides is 1. The van der Waals surface area contributed by atoms with E-state index in [-0.39, 0.29) is 10.9 Å². The largest absolute Gasteiger partial charge is 0.496 e. The molecule has 17 heavy (non-hydrogen) atoms. The van der Waals surface area contributed by atoms with E-state index >= 15 is 0 Å². The Morgan fingerprint density at radius 3 is 2.59 bits per heavy atom. The molecule has 0 aliphatic heterocycles. The smallest absolute Gasteiger partial charge is 0.240 e. The third kappa shape index (κ3) is 3.82. The number of ether oxygens (including phenoxy) is 1. The van der Waals surface area contributed by atoms with E-state index in [1.54, 1.807) is 25.3 Å². The summed E-state index contributed by atoms with van der Waals surface area (Å²) in [7, 11) is -1.87. The molecular formula is C11H16INO3S. The minimum Gasteiger partial charge on any atom is -0.496 e. The number of hydrogen-bond acceptors (Lipinski definition) is 3. The van der Waals surface area contributed by atoms with Gasteiger partial charge in [0.1, 0.15) is 5.75 Å². The van der Waals surface area contributed by atoms with Gasteiger partial charge in [-0.1, -0.05) is 6.92 Å². The highest BCUT2D eigenvalue weighted by molar-refractivity contribution is 14.1. The van der Waals surface area contributed by atoms with Crippen LogP contribution < -0.4 is 9.46 Å². The molecule has 1 atom stereocenters. The molecule has 0 heterocycles. The molecule has 96 valence electrons. The number of rotatable bonds is 5. The highest BCUT2D eigenvalue weighted by Crippen LogP contribution is 2.23. The van der Waals surface area contributed by atoms with Crippen molar-refractivity contribution in [2.24, 2.45) is 0 Å². The Balaban J connectivity index is 3.04. The minimum atomic E-state index is -3.43. The van der Waals surface area contributed by atoms with Gasteiger partial charge in [0.2, 0.25) is 10.0 Å². The van der Waals surface area contributed by atoms with Gasteiger partial charge >= 0.3 is 0 Å². The Morgan fingerprint density at radius 2 is 2.12 bits per heavy atom. The Bertz CT molecular complexity index is 487. The van der Waals surface area contributed by atoms with Gasteiger partial charge in [-0.05, 0) is 54.1 Å². The molecule has 0 bridgehead atoms. The lowest BCUT2D eigenvalue weighted by Gasteiger charge is -2.13. The zero-order valence-corrected chi connectivity index (χ0v) is 13.0. The highest BCUT2D eigenvalue weighted by atomic mass is 127. The minimum absolute atomic E-state index is 0.0697. The lowest BCUT2D eigenvalue weighted by Crippen LogP contribution is -2.32. The predicted octanol–water partition coefficient (Wildman–Crippen LogP) is 2.38. The van der Waals surface area contributed by atoms with Gasteiger partial charge < -0.3 is 4.74 Å². The Morgan fingerprint density at radius 1 is 1.47 bits per heavy atom. The van der Waals surface area contributed by atoms with E-state index in [0.29, 0.717) is 5.75 Å². The van der Waals surface area contributed by atoms with Gasteiger partial charge in [0.15, 0.2) is 0 Å². The molecule has 0 aliphatic rings. The first-order chi connectivity index (χ1) is 7.90. The second-order valence-corrected chi connectivity index (χ2v) is 6.60. The quantitative estimate of drug-likeness (QED) is 0.811. The van der Waals surface area contributed by atoms with Crippen LogP contribution in [0.25, 0.3) is 0 Å². The first kappa shape index (κ1) is 14.7. The zero-order valence-electron chi connectivity index (χ0n) is 10.0. The lowest BCUT2D eigenvalue weighted by atomic mass is 10.3. The van der Waals surface area contributed by atoms with Crippen LogP contribution in [0.1, 0.15) is 20.3 Å². The molecule has 4 nitrogen and oxygen atoms in total. The van der Waals surface area contributed by atoms with Crippen molar-refractivity contribution in [2.45, 2.75) is 31.2 Å². The summed E-state index contributed by atoms with van der Waals surface area (Å²) in [6.45, 7) is 3.77. The summed E-state index contributed by atoms with van der Waals surface area (Å²) in [6, 6.07) is 4.74. The monoisotopic (exact) mass is 369 g/mol. The third-order valence-corrected chi connectivity index (χ3v) is 4.83. The molecule has 0 spiro atoms. The maximum atomic E-state index is 12.0. The van der Waals surface area contributed by atoms with Crippen LogP contribution in [0.15, 0.2) is 23.1 Å². The standard InChI is InChI=1S/C11H16INO3S/c1-4-8(2)13-17(14,15)9-5-6-11(16-3)10(12)7-9/h5-8,13H,4H2,1-3H3/t8-/m0/s1. The van der Waals surface area contributed by atoms with Gasteiger partial charge in [-0.15, -0.1) is 0 Å².